The molecule has 1 aromatic heterocycles. The van der Waals surface area contributed by atoms with Crippen LogP contribution in [0.4, 0.5) is 0 Å². The lowest BCUT2D eigenvalue weighted by Crippen LogP contribution is -2.41. The van der Waals surface area contributed by atoms with Crippen molar-refractivity contribution in [3.8, 4) is 17.1 Å². The quantitative estimate of drug-likeness (QED) is 0.486. The summed E-state index contributed by atoms with van der Waals surface area (Å²) in [7, 11) is 0. The first-order valence-electron chi connectivity index (χ1n) is 10.7. The summed E-state index contributed by atoms with van der Waals surface area (Å²) in [4.78, 5) is 12.7. The molecule has 1 heterocycles. The van der Waals surface area contributed by atoms with E-state index in [0.29, 0.717) is 21.8 Å². The predicted molar refractivity (Wildman–Crippen MR) is 127 cm³/mol. The average molecular weight is 455 g/mol. The molecular formula is C24H27ClN4OS. The largest absolute Gasteiger partial charge is 0.352 e. The minimum Gasteiger partial charge on any atom is -0.352 e. The van der Waals surface area contributed by atoms with Crippen LogP contribution < -0.4 is 5.32 Å². The molecule has 4 rings (SSSR count). The summed E-state index contributed by atoms with van der Waals surface area (Å²) in [5.74, 6) is 1.63. The number of aromatic nitrogens is 3. The second-order valence-corrected chi connectivity index (χ2v) is 9.54. The van der Waals surface area contributed by atoms with E-state index in [0.717, 1.165) is 29.1 Å². The Labute approximate surface area is 192 Å². The smallest absolute Gasteiger partial charge is 0.230 e. The lowest BCUT2D eigenvalue weighted by Gasteiger charge is -2.29. The van der Waals surface area contributed by atoms with Crippen LogP contribution in [-0.2, 0) is 4.79 Å². The molecule has 0 spiro atoms. The lowest BCUT2D eigenvalue weighted by atomic mass is 9.86. The highest BCUT2D eigenvalue weighted by molar-refractivity contribution is 7.99. The van der Waals surface area contributed by atoms with Gasteiger partial charge in [-0.05, 0) is 61.6 Å². The number of para-hydroxylation sites is 1. The summed E-state index contributed by atoms with van der Waals surface area (Å²) in [6.07, 6.45) is 4.70. The fourth-order valence-electron chi connectivity index (χ4n) is 4.09. The zero-order valence-electron chi connectivity index (χ0n) is 17.8. The van der Waals surface area contributed by atoms with Gasteiger partial charge in [0.1, 0.15) is 0 Å². The van der Waals surface area contributed by atoms with Gasteiger partial charge in [-0.2, -0.15) is 0 Å². The van der Waals surface area contributed by atoms with E-state index in [-0.39, 0.29) is 11.9 Å². The van der Waals surface area contributed by atoms with Crippen LogP contribution in [0.2, 0.25) is 5.02 Å². The maximum atomic E-state index is 12.7. The molecule has 7 heteroatoms. The number of nitrogens with one attached hydrogen (secondary N) is 1. The molecule has 0 saturated heterocycles. The highest BCUT2D eigenvalue weighted by Gasteiger charge is 2.24. The third-order valence-corrected chi connectivity index (χ3v) is 7.06. The lowest BCUT2D eigenvalue weighted by molar-refractivity contribution is -0.119. The standard InChI is InChI=1S/C24H27ClN4OS/c1-16-7-3-5-9-20(16)26-22(30)15-31-24-28-27-23(18-11-13-19(25)14-12-18)29(24)21-10-6-4-8-17(21)2/h4,6,8,10-14,16,20H,3,5,7,9,15H2,1-2H3,(H,26,30)/t16-,20+/m0/s1. The second kappa shape index (κ2) is 9.88. The summed E-state index contributed by atoms with van der Waals surface area (Å²) in [5, 5.41) is 13.5. The maximum Gasteiger partial charge on any atom is 0.230 e. The minimum atomic E-state index is 0.0520. The van der Waals surface area contributed by atoms with E-state index in [9.17, 15) is 4.79 Å². The van der Waals surface area contributed by atoms with Crippen molar-refractivity contribution in [1.29, 1.82) is 0 Å². The molecule has 2 aromatic carbocycles. The van der Waals surface area contributed by atoms with Crippen LogP contribution in [0.5, 0.6) is 0 Å². The fourth-order valence-corrected chi connectivity index (χ4v) is 4.97. The zero-order chi connectivity index (χ0) is 21.8. The molecule has 2 atom stereocenters. The van der Waals surface area contributed by atoms with E-state index in [1.807, 2.05) is 47.0 Å². The third-order valence-electron chi connectivity index (χ3n) is 5.88. The number of carbonyl (C=O) groups excluding carboxylic acids is 1. The molecule has 0 radical (unpaired) electrons. The Balaban J connectivity index is 1.58. The van der Waals surface area contributed by atoms with Gasteiger partial charge < -0.3 is 5.32 Å². The second-order valence-electron chi connectivity index (χ2n) is 8.16. The molecule has 1 aliphatic rings. The number of amides is 1. The Bertz CT molecular complexity index is 1050. The van der Waals surface area contributed by atoms with Gasteiger partial charge in [-0.15, -0.1) is 10.2 Å². The number of halogens is 1. The Kier molecular flexibility index (Phi) is 6.98. The molecule has 1 N–H and O–H groups in total. The van der Waals surface area contributed by atoms with E-state index < -0.39 is 0 Å². The number of hydrogen-bond donors (Lipinski definition) is 1. The van der Waals surface area contributed by atoms with Crippen molar-refractivity contribution in [2.75, 3.05) is 5.75 Å². The van der Waals surface area contributed by atoms with Gasteiger partial charge in [0.25, 0.3) is 0 Å². The van der Waals surface area contributed by atoms with Gasteiger partial charge >= 0.3 is 0 Å². The van der Waals surface area contributed by atoms with E-state index in [4.69, 9.17) is 11.6 Å². The number of nitrogens with zero attached hydrogens (tertiary/aromatic N) is 3. The molecule has 1 fully saturated rings. The third kappa shape index (κ3) is 5.13. The van der Waals surface area contributed by atoms with Crippen molar-refractivity contribution >= 4 is 29.3 Å². The zero-order valence-corrected chi connectivity index (χ0v) is 19.4. The first kappa shape index (κ1) is 21.9. The number of rotatable bonds is 6. The molecule has 0 aliphatic heterocycles. The van der Waals surface area contributed by atoms with E-state index >= 15 is 0 Å². The van der Waals surface area contributed by atoms with E-state index in [2.05, 4.69) is 35.4 Å². The molecule has 31 heavy (non-hydrogen) atoms. The normalized spacial score (nSPS) is 18.7. The molecule has 1 amide bonds. The van der Waals surface area contributed by atoms with Gasteiger partial charge in [0.05, 0.1) is 11.4 Å². The van der Waals surface area contributed by atoms with Crippen LogP contribution in [0.3, 0.4) is 0 Å². The topological polar surface area (TPSA) is 59.8 Å². The molecule has 0 bridgehead atoms. The van der Waals surface area contributed by atoms with Crippen molar-refractivity contribution in [3.05, 3.63) is 59.1 Å². The monoisotopic (exact) mass is 454 g/mol. The Morgan fingerprint density at radius 2 is 1.87 bits per heavy atom. The number of aryl methyl sites for hydroxylation is 1. The molecule has 3 aromatic rings. The van der Waals surface area contributed by atoms with Crippen molar-refractivity contribution in [2.45, 2.75) is 50.7 Å². The highest BCUT2D eigenvalue weighted by Crippen LogP contribution is 2.30. The van der Waals surface area contributed by atoms with Gasteiger partial charge in [-0.25, -0.2) is 0 Å². The molecule has 162 valence electrons. The average Bonchev–Trinajstić information content (AvgIpc) is 3.18. The minimum absolute atomic E-state index is 0.0520. The van der Waals surface area contributed by atoms with E-state index in [1.165, 1.54) is 31.0 Å². The number of thioether (sulfide) groups is 1. The summed E-state index contributed by atoms with van der Waals surface area (Å²) in [5.41, 5.74) is 3.04. The first-order valence-corrected chi connectivity index (χ1v) is 12.1. The van der Waals surface area contributed by atoms with Crippen LogP contribution in [0.25, 0.3) is 17.1 Å². The van der Waals surface area contributed by atoms with E-state index in [1.54, 1.807) is 0 Å². The Morgan fingerprint density at radius 1 is 1.13 bits per heavy atom. The van der Waals surface area contributed by atoms with Crippen LogP contribution >= 0.6 is 23.4 Å². The predicted octanol–water partition coefficient (Wildman–Crippen LogP) is 5.68. The van der Waals surface area contributed by atoms with Gasteiger partial charge in [-0.3, -0.25) is 9.36 Å². The number of carbonyl (C=O) groups is 1. The van der Waals surface area contributed by atoms with Gasteiger partial charge in [0.2, 0.25) is 5.91 Å². The molecule has 1 aliphatic carbocycles. The van der Waals surface area contributed by atoms with Gasteiger partial charge in [0.15, 0.2) is 11.0 Å². The van der Waals surface area contributed by atoms with Gasteiger partial charge in [0, 0.05) is 16.6 Å². The summed E-state index contributed by atoms with van der Waals surface area (Å²) < 4.78 is 2.03. The Morgan fingerprint density at radius 3 is 2.61 bits per heavy atom. The van der Waals surface area contributed by atoms with Crippen LogP contribution in [-0.4, -0.2) is 32.5 Å². The first-order chi connectivity index (χ1) is 15.0. The number of hydrogen-bond acceptors (Lipinski definition) is 4. The number of benzene rings is 2. The SMILES string of the molecule is Cc1ccccc1-n1c(SCC(=O)N[C@@H]2CCCC[C@@H]2C)nnc1-c1ccc(Cl)cc1. The highest BCUT2D eigenvalue weighted by atomic mass is 35.5. The van der Waals surface area contributed by atoms with Crippen molar-refractivity contribution in [2.24, 2.45) is 5.92 Å². The van der Waals surface area contributed by atoms with Crippen LogP contribution in [0.1, 0.15) is 38.2 Å². The summed E-state index contributed by atoms with van der Waals surface area (Å²) in [6, 6.07) is 16.0. The maximum absolute atomic E-state index is 12.7. The molecule has 1 saturated carbocycles. The van der Waals surface area contributed by atoms with Crippen LogP contribution in [0, 0.1) is 12.8 Å². The van der Waals surface area contributed by atoms with Crippen molar-refractivity contribution in [3.63, 3.8) is 0 Å². The van der Waals surface area contributed by atoms with Crippen LogP contribution in [0.15, 0.2) is 53.7 Å². The molecular weight excluding hydrogens is 428 g/mol. The van der Waals surface area contributed by atoms with Gasteiger partial charge in [-0.1, -0.05) is 61.3 Å². The Hall–Kier alpha value is -2.31. The summed E-state index contributed by atoms with van der Waals surface area (Å²) >= 11 is 7.49. The molecule has 0 unspecified atom stereocenters. The van der Waals surface area contributed by atoms with Crippen molar-refractivity contribution < 1.29 is 4.79 Å². The summed E-state index contributed by atoms with van der Waals surface area (Å²) in [6.45, 7) is 4.29. The van der Waals surface area contributed by atoms with Crippen molar-refractivity contribution in [1.82, 2.24) is 20.1 Å². The fraction of sp³-hybridized carbons (Fsp3) is 0.375. The molecule has 5 nitrogen and oxygen atoms in total.